The van der Waals surface area contributed by atoms with Crippen molar-refractivity contribution in [2.45, 2.75) is 66.0 Å². The molecule has 1 N–H and O–H groups in total. The predicted molar refractivity (Wildman–Crippen MR) is 79.3 cm³/mol. The molecule has 0 aromatic rings. The van der Waals surface area contributed by atoms with E-state index in [-0.39, 0.29) is 0 Å². The lowest BCUT2D eigenvalue weighted by atomic mass is 9.99. The van der Waals surface area contributed by atoms with Gasteiger partial charge in [0, 0.05) is 12.1 Å². The van der Waals surface area contributed by atoms with Crippen molar-refractivity contribution in [3.63, 3.8) is 0 Å². The zero-order valence-corrected chi connectivity index (χ0v) is 12.2. The molecule has 0 saturated carbocycles. The molecule has 1 heteroatoms. The third-order valence-electron chi connectivity index (χ3n) is 3.12. The Labute approximate surface area is 108 Å². The summed E-state index contributed by atoms with van der Waals surface area (Å²) in [4.78, 5) is 0. The Kier molecular flexibility index (Phi) is 8.79. The molecule has 0 spiro atoms. The highest BCUT2D eigenvalue weighted by Gasteiger charge is 2.13. The van der Waals surface area contributed by atoms with Crippen LogP contribution in [-0.2, 0) is 0 Å². The minimum atomic E-state index is 0.404. The Morgan fingerprint density at radius 3 is 2.24 bits per heavy atom. The molecule has 0 radical (unpaired) electrons. The van der Waals surface area contributed by atoms with Gasteiger partial charge in [-0.2, -0.15) is 0 Å². The molecular formula is C16H29N. The van der Waals surface area contributed by atoms with Crippen LogP contribution in [0, 0.1) is 0 Å². The van der Waals surface area contributed by atoms with Crippen LogP contribution in [-0.4, -0.2) is 12.1 Å². The molecule has 1 nitrogen and oxygen atoms in total. The largest absolute Gasteiger partial charge is 0.307 e. The molecule has 0 aromatic heterocycles. The van der Waals surface area contributed by atoms with Crippen LogP contribution in [0.5, 0.6) is 0 Å². The maximum atomic E-state index is 4.10. The van der Waals surface area contributed by atoms with Crippen LogP contribution < -0.4 is 5.32 Å². The maximum absolute atomic E-state index is 4.10. The molecule has 0 heterocycles. The van der Waals surface area contributed by atoms with E-state index in [1.54, 1.807) is 0 Å². The van der Waals surface area contributed by atoms with Gasteiger partial charge < -0.3 is 5.32 Å². The zero-order chi connectivity index (χ0) is 13.3. The van der Waals surface area contributed by atoms with Gasteiger partial charge in [0.2, 0.25) is 0 Å². The third-order valence-corrected chi connectivity index (χ3v) is 3.12. The normalized spacial score (nSPS) is 14.6. The van der Waals surface area contributed by atoms with Crippen molar-refractivity contribution in [2.24, 2.45) is 0 Å². The van der Waals surface area contributed by atoms with Gasteiger partial charge in [-0.25, -0.2) is 0 Å². The van der Waals surface area contributed by atoms with Gasteiger partial charge in [0.25, 0.3) is 0 Å². The van der Waals surface area contributed by atoms with E-state index in [2.05, 4.69) is 57.8 Å². The Bertz CT molecular complexity index is 269. The van der Waals surface area contributed by atoms with Crippen molar-refractivity contribution < 1.29 is 0 Å². The van der Waals surface area contributed by atoms with Crippen molar-refractivity contribution in [1.29, 1.82) is 0 Å². The minimum absolute atomic E-state index is 0.404. The summed E-state index contributed by atoms with van der Waals surface area (Å²) in [5, 5.41) is 3.70. The highest BCUT2D eigenvalue weighted by molar-refractivity contribution is 5.15. The summed E-state index contributed by atoms with van der Waals surface area (Å²) >= 11 is 0. The molecule has 0 aliphatic heterocycles. The van der Waals surface area contributed by atoms with Crippen LogP contribution in [0.2, 0.25) is 0 Å². The molecule has 0 aromatic carbocycles. The lowest BCUT2D eigenvalue weighted by Gasteiger charge is -2.25. The van der Waals surface area contributed by atoms with Gasteiger partial charge in [0.05, 0.1) is 0 Å². The number of allylic oxidation sites excluding steroid dienone is 3. The SMILES string of the molecule is C=C(C)C(C/C(C)=C/C=C\C)NC(CC)CC. The van der Waals surface area contributed by atoms with Crippen molar-refractivity contribution in [3.8, 4) is 0 Å². The smallest absolute Gasteiger partial charge is 0.0313 e. The van der Waals surface area contributed by atoms with Gasteiger partial charge in [0.15, 0.2) is 0 Å². The zero-order valence-electron chi connectivity index (χ0n) is 12.2. The second-order valence-electron chi connectivity index (χ2n) is 4.82. The minimum Gasteiger partial charge on any atom is -0.307 e. The van der Waals surface area contributed by atoms with Crippen molar-refractivity contribution in [3.05, 3.63) is 36.0 Å². The first-order chi connectivity index (χ1) is 8.04. The Hall–Kier alpha value is -0.820. The summed E-state index contributed by atoms with van der Waals surface area (Å²) in [5.74, 6) is 0. The third kappa shape index (κ3) is 7.17. The fourth-order valence-corrected chi connectivity index (χ4v) is 1.83. The monoisotopic (exact) mass is 235 g/mol. The van der Waals surface area contributed by atoms with Gasteiger partial charge in [0.1, 0.15) is 0 Å². The summed E-state index contributed by atoms with van der Waals surface area (Å²) in [6.07, 6.45) is 9.76. The Morgan fingerprint density at radius 1 is 1.24 bits per heavy atom. The summed E-state index contributed by atoms with van der Waals surface area (Å²) < 4.78 is 0. The van der Waals surface area contributed by atoms with E-state index in [1.807, 2.05) is 6.92 Å². The molecule has 0 amide bonds. The predicted octanol–water partition coefficient (Wildman–Crippen LogP) is 4.62. The molecule has 98 valence electrons. The molecule has 17 heavy (non-hydrogen) atoms. The first kappa shape index (κ1) is 16.2. The summed E-state index contributed by atoms with van der Waals surface area (Å²) in [6.45, 7) is 14.9. The molecule has 0 bridgehead atoms. The first-order valence-electron chi connectivity index (χ1n) is 6.74. The molecule has 0 aliphatic carbocycles. The van der Waals surface area contributed by atoms with Crippen molar-refractivity contribution >= 4 is 0 Å². The van der Waals surface area contributed by atoms with Crippen LogP contribution in [0.1, 0.15) is 53.9 Å². The van der Waals surface area contributed by atoms with E-state index in [0.29, 0.717) is 12.1 Å². The highest BCUT2D eigenvalue weighted by atomic mass is 14.9. The van der Waals surface area contributed by atoms with Crippen LogP contribution in [0.25, 0.3) is 0 Å². The topological polar surface area (TPSA) is 12.0 Å². The average Bonchev–Trinajstić information content (AvgIpc) is 2.31. The Morgan fingerprint density at radius 2 is 1.82 bits per heavy atom. The number of nitrogens with one attached hydrogen (secondary N) is 1. The number of hydrogen-bond acceptors (Lipinski definition) is 1. The lowest BCUT2D eigenvalue weighted by molar-refractivity contribution is 0.433. The van der Waals surface area contributed by atoms with Gasteiger partial charge >= 0.3 is 0 Å². The second-order valence-corrected chi connectivity index (χ2v) is 4.82. The van der Waals surface area contributed by atoms with E-state index < -0.39 is 0 Å². The second kappa shape index (κ2) is 9.23. The quantitative estimate of drug-likeness (QED) is 0.478. The summed E-state index contributed by atoms with van der Waals surface area (Å²) in [6, 6.07) is 1.01. The highest BCUT2D eigenvalue weighted by Crippen LogP contribution is 2.13. The van der Waals surface area contributed by atoms with Crippen LogP contribution in [0.3, 0.4) is 0 Å². The van der Waals surface area contributed by atoms with Gasteiger partial charge in [-0.3, -0.25) is 0 Å². The van der Waals surface area contributed by atoms with E-state index in [0.717, 1.165) is 6.42 Å². The molecule has 0 fully saturated rings. The average molecular weight is 235 g/mol. The van der Waals surface area contributed by atoms with E-state index in [4.69, 9.17) is 0 Å². The van der Waals surface area contributed by atoms with Crippen molar-refractivity contribution in [1.82, 2.24) is 5.32 Å². The number of hydrogen-bond donors (Lipinski definition) is 1. The summed E-state index contributed by atoms with van der Waals surface area (Å²) in [5.41, 5.74) is 2.62. The fraction of sp³-hybridized carbons (Fsp3) is 0.625. The molecule has 1 unspecified atom stereocenters. The molecule has 1 atom stereocenters. The van der Waals surface area contributed by atoms with E-state index in [9.17, 15) is 0 Å². The standard InChI is InChI=1S/C16H29N/c1-7-10-11-14(6)12-16(13(4)5)17-15(8-2)9-3/h7,10-11,15-17H,4,8-9,12H2,1-3,5-6H3/b10-7-,14-11+. The molecular weight excluding hydrogens is 206 g/mol. The van der Waals surface area contributed by atoms with Crippen LogP contribution in [0.4, 0.5) is 0 Å². The fourth-order valence-electron chi connectivity index (χ4n) is 1.83. The van der Waals surface area contributed by atoms with Crippen LogP contribution in [0.15, 0.2) is 36.0 Å². The van der Waals surface area contributed by atoms with E-state index >= 15 is 0 Å². The Balaban J connectivity index is 4.48. The van der Waals surface area contributed by atoms with Crippen LogP contribution >= 0.6 is 0 Å². The molecule has 0 rings (SSSR count). The first-order valence-corrected chi connectivity index (χ1v) is 6.74. The molecule has 0 aliphatic rings. The summed E-state index contributed by atoms with van der Waals surface area (Å²) in [7, 11) is 0. The molecule has 0 saturated heterocycles. The van der Waals surface area contributed by atoms with Crippen molar-refractivity contribution in [2.75, 3.05) is 0 Å². The lowest BCUT2D eigenvalue weighted by Crippen LogP contribution is -2.38. The van der Waals surface area contributed by atoms with Gasteiger partial charge in [-0.15, -0.1) is 0 Å². The maximum Gasteiger partial charge on any atom is 0.0313 e. The van der Waals surface area contributed by atoms with Gasteiger partial charge in [-0.05, 0) is 40.0 Å². The van der Waals surface area contributed by atoms with E-state index in [1.165, 1.54) is 24.0 Å². The number of rotatable bonds is 8. The van der Waals surface area contributed by atoms with Gasteiger partial charge in [-0.1, -0.05) is 49.8 Å².